The van der Waals surface area contributed by atoms with E-state index < -0.39 is 0 Å². The number of aryl methyl sites for hydroxylation is 1. The molecule has 0 aliphatic carbocycles. The number of ether oxygens (including phenoxy) is 1. The van der Waals surface area contributed by atoms with Crippen LogP contribution in [0, 0.1) is 6.92 Å². The Morgan fingerprint density at radius 3 is 2.58 bits per heavy atom. The molecule has 2 aromatic carbocycles. The second kappa shape index (κ2) is 6.96. The zero-order valence-corrected chi connectivity index (χ0v) is 13.8. The Bertz CT molecular complexity index is 558. The summed E-state index contributed by atoms with van der Waals surface area (Å²) in [5, 5.41) is 3.37. The van der Waals surface area contributed by atoms with Crippen LogP contribution in [0.1, 0.15) is 5.56 Å². The number of benzene rings is 2. The largest absolute Gasteiger partial charge is 0.492 e. The molecule has 0 saturated carbocycles. The monoisotopic (exact) mass is 383 g/mol. The highest BCUT2D eigenvalue weighted by atomic mass is 79.9. The summed E-state index contributed by atoms with van der Waals surface area (Å²) in [6.45, 7) is 3.49. The summed E-state index contributed by atoms with van der Waals surface area (Å²) >= 11 is 6.88. The number of anilines is 1. The standard InChI is InChI=1S/C15H15Br2NO/c1-11-9-13(17)5-6-15(11)18-7-8-19-14-4-2-3-12(16)10-14/h2-6,9-10,18H,7-8H2,1H3. The number of nitrogens with one attached hydrogen (secondary N) is 1. The third kappa shape index (κ3) is 4.55. The quantitative estimate of drug-likeness (QED) is 0.731. The molecule has 2 rings (SSSR count). The molecule has 0 atom stereocenters. The van der Waals surface area contributed by atoms with Gasteiger partial charge in [0.15, 0.2) is 0 Å². The van der Waals surface area contributed by atoms with Gasteiger partial charge in [-0.25, -0.2) is 0 Å². The summed E-state index contributed by atoms with van der Waals surface area (Å²) in [6, 6.07) is 14.1. The van der Waals surface area contributed by atoms with E-state index in [4.69, 9.17) is 4.74 Å². The second-order valence-corrected chi connectivity index (χ2v) is 6.02. The smallest absolute Gasteiger partial charge is 0.120 e. The van der Waals surface area contributed by atoms with E-state index in [0.29, 0.717) is 6.61 Å². The third-order valence-corrected chi connectivity index (χ3v) is 3.66. The van der Waals surface area contributed by atoms with Gasteiger partial charge in [0.05, 0.1) is 0 Å². The topological polar surface area (TPSA) is 21.3 Å². The van der Waals surface area contributed by atoms with Crippen LogP contribution in [0.3, 0.4) is 0 Å². The fourth-order valence-corrected chi connectivity index (χ4v) is 2.59. The van der Waals surface area contributed by atoms with Crippen molar-refractivity contribution in [3.05, 3.63) is 57.0 Å². The van der Waals surface area contributed by atoms with Gasteiger partial charge in [0.25, 0.3) is 0 Å². The summed E-state index contributed by atoms with van der Waals surface area (Å²) in [5.41, 5.74) is 2.36. The van der Waals surface area contributed by atoms with Gasteiger partial charge in [0.2, 0.25) is 0 Å². The first-order chi connectivity index (χ1) is 9.15. The highest BCUT2D eigenvalue weighted by molar-refractivity contribution is 9.10. The molecular weight excluding hydrogens is 370 g/mol. The van der Waals surface area contributed by atoms with Crippen molar-refractivity contribution in [2.75, 3.05) is 18.5 Å². The van der Waals surface area contributed by atoms with E-state index in [9.17, 15) is 0 Å². The third-order valence-electron chi connectivity index (χ3n) is 2.67. The van der Waals surface area contributed by atoms with Gasteiger partial charge in [-0.2, -0.15) is 0 Å². The predicted octanol–water partition coefficient (Wildman–Crippen LogP) is 5.01. The molecule has 0 aliphatic rings. The molecule has 0 saturated heterocycles. The number of hydrogen-bond donors (Lipinski definition) is 1. The Morgan fingerprint density at radius 1 is 1.05 bits per heavy atom. The molecule has 2 aromatic rings. The molecular formula is C15H15Br2NO. The molecule has 0 bridgehead atoms. The minimum Gasteiger partial charge on any atom is -0.492 e. The lowest BCUT2D eigenvalue weighted by Gasteiger charge is -2.11. The minimum absolute atomic E-state index is 0.631. The van der Waals surface area contributed by atoms with Crippen molar-refractivity contribution in [2.24, 2.45) is 0 Å². The maximum atomic E-state index is 5.67. The van der Waals surface area contributed by atoms with Crippen molar-refractivity contribution in [1.82, 2.24) is 0 Å². The normalized spacial score (nSPS) is 10.3. The molecule has 0 radical (unpaired) electrons. The van der Waals surface area contributed by atoms with Gasteiger partial charge in [0.1, 0.15) is 12.4 Å². The molecule has 2 nitrogen and oxygen atoms in total. The summed E-state index contributed by atoms with van der Waals surface area (Å²) in [6.07, 6.45) is 0. The van der Waals surface area contributed by atoms with Gasteiger partial charge in [-0.05, 0) is 48.9 Å². The molecule has 19 heavy (non-hydrogen) atoms. The highest BCUT2D eigenvalue weighted by Crippen LogP contribution is 2.20. The van der Waals surface area contributed by atoms with Crippen molar-refractivity contribution in [2.45, 2.75) is 6.92 Å². The lowest BCUT2D eigenvalue weighted by Crippen LogP contribution is -2.12. The van der Waals surface area contributed by atoms with Crippen LogP contribution in [0.15, 0.2) is 51.4 Å². The van der Waals surface area contributed by atoms with E-state index in [1.807, 2.05) is 30.3 Å². The average Bonchev–Trinajstić information content (AvgIpc) is 2.37. The van der Waals surface area contributed by atoms with Crippen molar-refractivity contribution in [3.63, 3.8) is 0 Å². The number of rotatable bonds is 5. The molecule has 0 spiro atoms. The number of hydrogen-bond acceptors (Lipinski definition) is 2. The second-order valence-electron chi connectivity index (χ2n) is 4.19. The Balaban J connectivity index is 1.81. The molecule has 1 N–H and O–H groups in total. The van der Waals surface area contributed by atoms with Gasteiger partial charge in [0, 0.05) is 21.2 Å². The lowest BCUT2D eigenvalue weighted by atomic mass is 10.2. The Hall–Kier alpha value is -1.000. The van der Waals surface area contributed by atoms with Gasteiger partial charge in [-0.3, -0.25) is 0 Å². The van der Waals surface area contributed by atoms with Crippen LogP contribution in [-0.2, 0) is 0 Å². The summed E-state index contributed by atoms with van der Waals surface area (Å²) < 4.78 is 7.80. The predicted molar refractivity (Wildman–Crippen MR) is 87.0 cm³/mol. The van der Waals surface area contributed by atoms with Crippen LogP contribution in [0.4, 0.5) is 5.69 Å². The first-order valence-electron chi connectivity index (χ1n) is 6.03. The molecule has 0 aliphatic heterocycles. The highest BCUT2D eigenvalue weighted by Gasteiger charge is 1.99. The summed E-state index contributed by atoms with van der Waals surface area (Å²) in [5.74, 6) is 0.878. The maximum Gasteiger partial charge on any atom is 0.120 e. The average molecular weight is 385 g/mol. The molecule has 0 fully saturated rings. The van der Waals surface area contributed by atoms with Crippen LogP contribution in [0.5, 0.6) is 5.75 Å². The zero-order valence-electron chi connectivity index (χ0n) is 10.6. The zero-order chi connectivity index (χ0) is 13.7. The first-order valence-corrected chi connectivity index (χ1v) is 7.62. The summed E-state index contributed by atoms with van der Waals surface area (Å²) in [4.78, 5) is 0. The minimum atomic E-state index is 0.631. The van der Waals surface area contributed by atoms with Gasteiger partial charge >= 0.3 is 0 Å². The molecule has 4 heteroatoms. The van der Waals surface area contributed by atoms with Gasteiger partial charge in [-0.1, -0.05) is 37.9 Å². The Morgan fingerprint density at radius 2 is 1.84 bits per heavy atom. The maximum absolute atomic E-state index is 5.67. The lowest BCUT2D eigenvalue weighted by molar-refractivity contribution is 0.332. The fourth-order valence-electron chi connectivity index (χ4n) is 1.74. The van der Waals surface area contributed by atoms with E-state index in [2.05, 4.69) is 56.2 Å². The summed E-state index contributed by atoms with van der Waals surface area (Å²) in [7, 11) is 0. The van der Waals surface area contributed by atoms with Crippen LogP contribution < -0.4 is 10.1 Å². The Kier molecular flexibility index (Phi) is 5.28. The van der Waals surface area contributed by atoms with Crippen molar-refractivity contribution in [1.29, 1.82) is 0 Å². The fraction of sp³-hybridized carbons (Fsp3) is 0.200. The van der Waals surface area contributed by atoms with Crippen LogP contribution in [-0.4, -0.2) is 13.2 Å². The molecule has 0 amide bonds. The number of halogens is 2. The van der Waals surface area contributed by atoms with Crippen LogP contribution in [0.25, 0.3) is 0 Å². The van der Waals surface area contributed by atoms with Crippen LogP contribution in [0.2, 0.25) is 0 Å². The SMILES string of the molecule is Cc1cc(Br)ccc1NCCOc1cccc(Br)c1. The van der Waals surface area contributed by atoms with Crippen molar-refractivity contribution in [3.8, 4) is 5.75 Å². The van der Waals surface area contributed by atoms with Gasteiger partial charge < -0.3 is 10.1 Å². The molecule has 100 valence electrons. The van der Waals surface area contributed by atoms with Gasteiger partial charge in [-0.15, -0.1) is 0 Å². The van der Waals surface area contributed by atoms with E-state index in [-0.39, 0.29) is 0 Å². The molecule has 0 unspecified atom stereocenters. The molecule has 0 aromatic heterocycles. The first kappa shape index (κ1) is 14.4. The molecule has 0 heterocycles. The van der Waals surface area contributed by atoms with E-state index in [1.165, 1.54) is 5.56 Å². The van der Waals surface area contributed by atoms with Crippen molar-refractivity contribution < 1.29 is 4.74 Å². The Labute approximate surface area is 130 Å². The van der Waals surface area contributed by atoms with E-state index >= 15 is 0 Å². The van der Waals surface area contributed by atoms with Crippen molar-refractivity contribution >= 4 is 37.5 Å². The van der Waals surface area contributed by atoms with E-state index in [1.54, 1.807) is 0 Å². The van der Waals surface area contributed by atoms with Crippen LogP contribution >= 0.6 is 31.9 Å². The van der Waals surface area contributed by atoms with E-state index in [0.717, 1.165) is 26.9 Å².